The van der Waals surface area contributed by atoms with E-state index in [4.69, 9.17) is 10.00 Å². The molecule has 1 rings (SSSR count). The van der Waals surface area contributed by atoms with Gasteiger partial charge in [0.15, 0.2) is 9.84 Å². The van der Waals surface area contributed by atoms with E-state index in [1.165, 1.54) is 0 Å². The maximum absolute atomic E-state index is 12.2. The first-order valence-corrected chi connectivity index (χ1v) is 7.24. The van der Waals surface area contributed by atoms with Gasteiger partial charge in [-0.1, -0.05) is 0 Å². The van der Waals surface area contributed by atoms with Crippen molar-refractivity contribution < 1.29 is 13.2 Å². The van der Waals surface area contributed by atoms with Crippen LogP contribution < -0.4 is 4.74 Å². The molecule has 1 unspecified atom stereocenters. The van der Waals surface area contributed by atoms with Crippen molar-refractivity contribution in [3.05, 3.63) is 23.3 Å². The van der Waals surface area contributed by atoms with E-state index in [0.717, 1.165) is 5.56 Å². The Morgan fingerprint density at radius 2 is 1.94 bits per heavy atom. The molecule has 0 aromatic heterocycles. The number of aryl methyl sites for hydroxylation is 2. The van der Waals surface area contributed by atoms with Gasteiger partial charge in [-0.25, -0.2) is 8.42 Å². The second kappa shape index (κ2) is 5.40. The first-order valence-electron chi connectivity index (χ1n) is 5.59. The van der Waals surface area contributed by atoms with Crippen LogP contribution in [0.5, 0.6) is 5.75 Å². The summed E-state index contributed by atoms with van der Waals surface area (Å²) in [6, 6.07) is 5.26. The Balaban J connectivity index is 3.26. The highest BCUT2D eigenvalue weighted by atomic mass is 32.2. The predicted molar refractivity (Wildman–Crippen MR) is 69.3 cm³/mol. The van der Waals surface area contributed by atoms with Crippen LogP contribution in [0.25, 0.3) is 0 Å². The molecule has 0 aliphatic carbocycles. The summed E-state index contributed by atoms with van der Waals surface area (Å²) >= 11 is 0. The van der Waals surface area contributed by atoms with E-state index in [-0.39, 0.29) is 10.6 Å². The van der Waals surface area contributed by atoms with Crippen molar-refractivity contribution in [2.75, 3.05) is 12.9 Å². The smallest absolute Gasteiger partial charge is 0.179 e. The average Bonchev–Trinajstić information content (AvgIpc) is 2.30. The molecule has 0 aliphatic rings. The summed E-state index contributed by atoms with van der Waals surface area (Å²) in [6.07, 6.45) is 0. The van der Waals surface area contributed by atoms with Crippen molar-refractivity contribution in [2.45, 2.75) is 25.7 Å². The molecule has 0 spiro atoms. The second-order valence-corrected chi connectivity index (χ2v) is 6.40. The van der Waals surface area contributed by atoms with Crippen LogP contribution in [0.2, 0.25) is 0 Å². The zero-order chi connectivity index (χ0) is 13.9. The summed E-state index contributed by atoms with van der Waals surface area (Å²) in [4.78, 5) is 0.280. The molecule has 0 fully saturated rings. The van der Waals surface area contributed by atoms with E-state index in [1.54, 1.807) is 40.0 Å². The maximum Gasteiger partial charge on any atom is 0.179 e. The summed E-state index contributed by atoms with van der Waals surface area (Å²) in [7, 11) is -1.88. The number of methoxy groups -OCH3 is 1. The summed E-state index contributed by atoms with van der Waals surface area (Å²) in [6.45, 7) is 5.13. The van der Waals surface area contributed by atoms with Crippen molar-refractivity contribution in [1.29, 1.82) is 5.26 Å². The fraction of sp³-hybridized carbons (Fsp3) is 0.462. The fourth-order valence-electron chi connectivity index (χ4n) is 1.77. The Kier molecular flexibility index (Phi) is 4.36. The number of hydrogen-bond acceptors (Lipinski definition) is 4. The van der Waals surface area contributed by atoms with E-state index in [9.17, 15) is 8.42 Å². The lowest BCUT2D eigenvalue weighted by molar-refractivity contribution is 0.411. The Labute approximate surface area is 108 Å². The Hall–Kier alpha value is -1.54. The number of sulfone groups is 1. The average molecular weight is 267 g/mol. The quantitative estimate of drug-likeness (QED) is 0.839. The van der Waals surface area contributed by atoms with Crippen molar-refractivity contribution >= 4 is 9.84 Å². The molecule has 0 saturated carbocycles. The lowest BCUT2D eigenvalue weighted by Gasteiger charge is -2.12. The zero-order valence-electron chi connectivity index (χ0n) is 11.0. The van der Waals surface area contributed by atoms with E-state index in [0.29, 0.717) is 11.3 Å². The van der Waals surface area contributed by atoms with Crippen molar-refractivity contribution in [2.24, 2.45) is 5.92 Å². The monoisotopic (exact) mass is 267 g/mol. The van der Waals surface area contributed by atoms with Gasteiger partial charge in [-0.05, 0) is 44.0 Å². The Bertz CT molecular complexity index is 585. The van der Waals surface area contributed by atoms with Gasteiger partial charge < -0.3 is 4.74 Å². The highest BCUT2D eigenvalue weighted by Crippen LogP contribution is 2.26. The molecule has 4 nitrogen and oxygen atoms in total. The number of nitriles is 1. The predicted octanol–water partition coefficient (Wildman–Crippen LogP) is 2.25. The van der Waals surface area contributed by atoms with Crippen LogP contribution in [0.1, 0.15) is 18.1 Å². The molecule has 0 radical (unpaired) electrons. The minimum absolute atomic E-state index is 0.157. The van der Waals surface area contributed by atoms with Crippen molar-refractivity contribution in [3.8, 4) is 11.8 Å². The lowest BCUT2D eigenvalue weighted by Crippen LogP contribution is -2.14. The number of nitrogens with zero attached hydrogens (tertiary/aromatic N) is 1. The number of ether oxygens (including phenoxy) is 1. The van der Waals surface area contributed by atoms with E-state index in [2.05, 4.69) is 0 Å². The first-order chi connectivity index (χ1) is 8.31. The van der Waals surface area contributed by atoms with Crippen LogP contribution in [-0.2, 0) is 9.84 Å². The fourth-order valence-corrected chi connectivity index (χ4v) is 3.59. The van der Waals surface area contributed by atoms with Crippen LogP contribution in [-0.4, -0.2) is 21.3 Å². The zero-order valence-corrected chi connectivity index (χ0v) is 11.8. The highest BCUT2D eigenvalue weighted by molar-refractivity contribution is 7.91. The van der Waals surface area contributed by atoms with E-state index in [1.807, 2.05) is 6.07 Å². The molecule has 18 heavy (non-hydrogen) atoms. The standard InChI is InChI=1S/C13H17NO3S/c1-9(7-14)8-18(15,16)13-6-10(2)12(17-4)5-11(13)3/h5-6,9H,8H2,1-4H3. The van der Waals surface area contributed by atoms with Gasteiger partial charge in [0, 0.05) is 0 Å². The molecule has 1 atom stereocenters. The molecular weight excluding hydrogens is 250 g/mol. The number of benzene rings is 1. The van der Waals surface area contributed by atoms with E-state index < -0.39 is 15.8 Å². The van der Waals surface area contributed by atoms with Crippen LogP contribution in [0.3, 0.4) is 0 Å². The SMILES string of the molecule is COc1cc(C)c(S(=O)(=O)CC(C)C#N)cc1C. The summed E-state index contributed by atoms with van der Waals surface area (Å²) < 4.78 is 29.5. The molecular formula is C13H17NO3S. The third-order valence-corrected chi connectivity index (χ3v) is 4.77. The number of hydrogen-bond donors (Lipinski definition) is 0. The topological polar surface area (TPSA) is 67.2 Å². The summed E-state index contributed by atoms with van der Waals surface area (Å²) in [5, 5.41) is 8.72. The van der Waals surface area contributed by atoms with Crippen LogP contribution in [0.15, 0.2) is 17.0 Å². The first kappa shape index (κ1) is 14.5. The molecule has 0 N–H and O–H groups in total. The van der Waals surface area contributed by atoms with Crippen LogP contribution in [0, 0.1) is 31.1 Å². The molecule has 0 heterocycles. The third kappa shape index (κ3) is 3.02. The molecule has 0 amide bonds. The van der Waals surface area contributed by atoms with Crippen molar-refractivity contribution in [3.63, 3.8) is 0 Å². The molecule has 0 bridgehead atoms. The van der Waals surface area contributed by atoms with Crippen LogP contribution >= 0.6 is 0 Å². The highest BCUT2D eigenvalue weighted by Gasteiger charge is 2.21. The van der Waals surface area contributed by atoms with Gasteiger partial charge in [-0.2, -0.15) is 5.26 Å². The van der Waals surface area contributed by atoms with Gasteiger partial charge in [0.1, 0.15) is 5.75 Å². The van der Waals surface area contributed by atoms with Gasteiger partial charge in [0.05, 0.1) is 29.7 Å². The molecule has 5 heteroatoms. The summed E-state index contributed by atoms with van der Waals surface area (Å²) in [5.41, 5.74) is 1.41. The number of rotatable bonds is 4. The molecule has 98 valence electrons. The summed E-state index contributed by atoms with van der Waals surface area (Å²) in [5.74, 6) is -0.00702. The minimum Gasteiger partial charge on any atom is -0.496 e. The minimum atomic E-state index is -3.43. The van der Waals surface area contributed by atoms with Crippen molar-refractivity contribution in [1.82, 2.24) is 0 Å². The van der Waals surface area contributed by atoms with Gasteiger partial charge in [0.25, 0.3) is 0 Å². The Morgan fingerprint density at radius 3 is 2.44 bits per heavy atom. The Morgan fingerprint density at radius 1 is 1.33 bits per heavy atom. The molecule has 0 aliphatic heterocycles. The normalized spacial score (nSPS) is 12.8. The van der Waals surface area contributed by atoms with E-state index >= 15 is 0 Å². The maximum atomic E-state index is 12.2. The van der Waals surface area contributed by atoms with Gasteiger partial charge in [-0.15, -0.1) is 0 Å². The molecule has 1 aromatic carbocycles. The largest absolute Gasteiger partial charge is 0.496 e. The van der Waals surface area contributed by atoms with Gasteiger partial charge in [0.2, 0.25) is 0 Å². The van der Waals surface area contributed by atoms with Gasteiger partial charge >= 0.3 is 0 Å². The third-order valence-electron chi connectivity index (χ3n) is 2.72. The molecule has 1 aromatic rings. The van der Waals surface area contributed by atoms with Gasteiger partial charge in [-0.3, -0.25) is 0 Å². The second-order valence-electron chi connectivity index (χ2n) is 4.40. The lowest BCUT2D eigenvalue weighted by atomic mass is 10.1. The molecule has 0 saturated heterocycles. The van der Waals surface area contributed by atoms with Crippen LogP contribution in [0.4, 0.5) is 0 Å².